The van der Waals surface area contributed by atoms with Crippen molar-refractivity contribution in [3.05, 3.63) is 106 Å². The molecule has 0 spiro atoms. The van der Waals surface area contributed by atoms with Crippen molar-refractivity contribution in [3.8, 4) is 0 Å². The number of para-hydroxylation sites is 2. The Labute approximate surface area is 431 Å². The van der Waals surface area contributed by atoms with E-state index in [1.165, 1.54) is 44.0 Å². The number of halogens is 1. The molecule has 0 bridgehead atoms. The molecule has 0 aromatic heterocycles. The Hall–Kier alpha value is -4.06. The van der Waals surface area contributed by atoms with Crippen molar-refractivity contribution in [2.45, 2.75) is 225 Å². The molecule has 5 aliphatic rings. The molecular weight excluding hydrogens is 908 g/mol. The number of rotatable bonds is 17. The van der Waals surface area contributed by atoms with Gasteiger partial charge in [0.2, 0.25) is 5.69 Å². The summed E-state index contributed by atoms with van der Waals surface area (Å²) in [4.78, 5) is 28.5. The highest BCUT2D eigenvalue weighted by Gasteiger charge is 2.48. The molecule has 0 unspecified atom stereocenters. The molecule has 2 fully saturated rings. The molecule has 2 aromatic rings. The van der Waals surface area contributed by atoms with E-state index in [2.05, 4.69) is 110 Å². The van der Waals surface area contributed by atoms with Crippen molar-refractivity contribution >= 4 is 40.6 Å². The number of allylic oxidation sites excluding steroid dienone is 8. The third kappa shape index (κ3) is 12.0. The number of carbonyl (C=O) groups is 2. The monoisotopic (exact) mass is 994 g/mol. The third-order valence-electron chi connectivity index (χ3n) is 16.3. The van der Waals surface area contributed by atoms with Gasteiger partial charge >= 0.3 is 11.9 Å². The molecule has 4 aliphatic heterocycles. The van der Waals surface area contributed by atoms with Gasteiger partial charge in [0.05, 0.1) is 5.41 Å². The minimum Gasteiger partial charge on any atom is -0.462 e. The van der Waals surface area contributed by atoms with Gasteiger partial charge in [-0.05, 0) is 143 Å². The minimum absolute atomic E-state index is 0.151. The Morgan fingerprint density at radius 2 is 1.17 bits per heavy atom. The number of fused-ring (bicyclic) bond motifs is 2. The van der Waals surface area contributed by atoms with E-state index in [1.54, 1.807) is 0 Å². The summed E-state index contributed by atoms with van der Waals surface area (Å²) in [6.45, 7) is 26.9. The Bertz CT molecular complexity index is 2420. The number of hydrogen-bond donors (Lipinski definition) is 2. The first-order valence-electron chi connectivity index (χ1n) is 26.7. The Kier molecular flexibility index (Phi) is 16.5. The average Bonchev–Trinajstić information content (AvgIpc) is 3.63. The third-order valence-corrected chi connectivity index (χ3v) is 16.7. The van der Waals surface area contributed by atoms with Gasteiger partial charge in [-0.1, -0.05) is 80.4 Å². The molecule has 4 heterocycles. The maximum absolute atomic E-state index is 13.0. The average molecular weight is 995 g/mol. The van der Waals surface area contributed by atoms with E-state index in [1.807, 2.05) is 55.4 Å². The van der Waals surface area contributed by atoms with Gasteiger partial charge in [-0.15, -0.1) is 0 Å². The highest BCUT2D eigenvalue weighted by molar-refractivity contribution is 6.32. The fourth-order valence-electron chi connectivity index (χ4n) is 12.8. The smallest absolute Gasteiger partial charge is 0.306 e. The lowest BCUT2D eigenvalue weighted by Crippen LogP contribution is -2.60. The Morgan fingerprint density at radius 3 is 1.75 bits per heavy atom. The summed E-state index contributed by atoms with van der Waals surface area (Å²) in [6.07, 6.45) is 20.1. The van der Waals surface area contributed by atoms with E-state index in [4.69, 9.17) is 21.1 Å². The van der Waals surface area contributed by atoms with Crippen LogP contribution in [0.25, 0.3) is 0 Å². The Balaban J connectivity index is 0.995. The summed E-state index contributed by atoms with van der Waals surface area (Å²) in [5.74, 6) is -0.303. The van der Waals surface area contributed by atoms with Crippen LogP contribution in [0.5, 0.6) is 0 Å². The lowest BCUT2D eigenvalue weighted by atomic mass is 9.80. The van der Waals surface area contributed by atoms with Crippen LogP contribution < -0.4 is 4.90 Å². The molecule has 10 nitrogen and oxygen atoms in total. The van der Waals surface area contributed by atoms with E-state index in [0.717, 1.165) is 87.1 Å². The summed E-state index contributed by atoms with van der Waals surface area (Å²) in [7, 11) is 0. The van der Waals surface area contributed by atoms with E-state index in [-0.39, 0.29) is 35.0 Å². The largest absolute Gasteiger partial charge is 0.462 e. The first-order valence-corrected chi connectivity index (χ1v) is 27.1. The van der Waals surface area contributed by atoms with E-state index in [0.29, 0.717) is 38.5 Å². The topological polar surface area (TPSA) is 106 Å². The molecule has 0 atom stereocenters. The number of unbranched alkanes of at least 4 members (excludes halogenated alkanes) is 4. The molecular formula is C60H86ClN4O6+. The van der Waals surface area contributed by atoms with E-state index < -0.39 is 22.2 Å². The summed E-state index contributed by atoms with van der Waals surface area (Å²) in [5.41, 5.74) is 7.69. The molecule has 2 saturated heterocycles. The first kappa shape index (κ1) is 54.7. The number of ether oxygens (including phenoxy) is 2. The summed E-state index contributed by atoms with van der Waals surface area (Å²) >= 11 is 7.38. The number of hydrogen-bond acceptors (Lipinski definition) is 9. The number of carbonyl (C=O) groups excluding carboxylic acids is 2. The molecule has 11 heteroatoms. The number of anilines is 1. The lowest BCUT2D eigenvalue weighted by molar-refractivity contribution is -0.438. The predicted octanol–water partition coefficient (Wildman–Crippen LogP) is 13.9. The highest BCUT2D eigenvalue weighted by atomic mass is 35.5. The van der Waals surface area contributed by atoms with Crippen molar-refractivity contribution in [2.24, 2.45) is 0 Å². The zero-order chi connectivity index (χ0) is 51.7. The van der Waals surface area contributed by atoms with Crippen molar-refractivity contribution in [1.82, 2.24) is 10.1 Å². The zero-order valence-corrected chi connectivity index (χ0v) is 46.1. The van der Waals surface area contributed by atoms with Gasteiger partial charge in [0.15, 0.2) is 5.71 Å². The molecule has 388 valence electrons. The maximum atomic E-state index is 13.0. The lowest BCUT2D eigenvalue weighted by Gasteiger charge is -2.50. The quantitative estimate of drug-likeness (QED) is 0.0910. The number of piperidine rings is 2. The molecule has 0 radical (unpaired) electrons. The summed E-state index contributed by atoms with van der Waals surface area (Å²) < 4.78 is 14.4. The molecule has 2 N–H and O–H groups in total. The first-order chi connectivity index (χ1) is 33.3. The van der Waals surface area contributed by atoms with Gasteiger partial charge in [-0.3, -0.25) is 9.59 Å². The number of hydroxylamine groups is 4. The second kappa shape index (κ2) is 21.4. The van der Waals surface area contributed by atoms with Crippen molar-refractivity contribution in [1.29, 1.82) is 0 Å². The number of nitrogens with zero attached hydrogens (tertiary/aromatic N) is 4. The predicted molar refractivity (Wildman–Crippen MR) is 287 cm³/mol. The van der Waals surface area contributed by atoms with Crippen LogP contribution in [-0.4, -0.2) is 90.2 Å². The van der Waals surface area contributed by atoms with Crippen LogP contribution in [0, 0.1) is 0 Å². The van der Waals surface area contributed by atoms with Gasteiger partial charge in [0.1, 0.15) is 18.8 Å². The molecule has 71 heavy (non-hydrogen) atoms. The van der Waals surface area contributed by atoms with Gasteiger partial charge in [0.25, 0.3) is 0 Å². The van der Waals surface area contributed by atoms with Crippen LogP contribution in [0.1, 0.15) is 191 Å². The normalized spacial score (nSPS) is 24.0. The van der Waals surface area contributed by atoms with Crippen LogP contribution in [-0.2, 0) is 29.9 Å². The molecule has 1 aliphatic carbocycles. The standard InChI is InChI=1S/C60H86ClN4O6/c1-55(2)38-44(39-56(3,4)64(55)68)70-52(66)30-15-13-21-36-62-48-28-19-17-26-46(48)59(9,10)50(62)34-32-42-24-23-25-43(54(42)61)33-35-51-60(11,12)47-27-18-20-29-49(47)63(51)37-22-14-16-31-53(67)71-45-40-57(5,6)65(69)58(7,8)41-45/h17-20,26-29,32-35,44-45,68-69H,13-16,21-25,30-31,36-41H2,1-12H3/q+1. The minimum atomic E-state index is -0.462. The van der Waals surface area contributed by atoms with Crippen LogP contribution >= 0.6 is 11.6 Å². The zero-order valence-electron chi connectivity index (χ0n) is 45.3. The van der Waals surface area contributed by atoms with Crippen LogP contribution in [0.15, 0.2) is 94.7 Å². The molecule has 0 amide bonds. The molecule has 0 saturated carbocycles. The van der Waals surface area contributed by atoms with Crippen LogP contribution in [0.4, 0.5) is 11.4 Å². The van der Waals surface area contributed by atoms with Gasteiger partial charge in [-0.2, -0.15) is 14.7 Å². The summed E-state index contributed by atoms with van der Waals surface area (Å²) in [5, 5.41) is 25.0. The van der Waals surface area contributed by atoms with E-state index >= 15 is 0 Å². The van der Waals surface area contributed by atoms with Gasteiger partial charge in [0, 0.05) is 113 Å². The van der Waals surface area contributed by atoms with Gasteiger partial charge < -0.3 is 24.8 Å². The fourth-order valence-corrected chi connectivity index (χ4v) is 13.1. The highest BCUT2D eigenvalue weighted by Crippen LogP contribution is 2.48. The fraction of sp³-hybridized carbons (Fsp3) is 0.617. The second-order valence-corrected chi connectivity index (χ2v) is 25.2. The second-order valence-electron chi connectivity index (χ2n) is 24.8. The maximum Gasteiger partial charge on any atom is 0.306 e. The van der Waals surface area contributed by atoms with E-state index in [9.17, 15) is 20.0 Å². The van der Waals surface area contributed by atoms with Crippen molar-refractivity contribution in [3.63, 3.8) is 0 Å². The molecule has 7 rings (SSSR count). The van der Waals surface area contributed by atoms with Crippen LogP contribution in [0.3, 0.4) is 0 Å². The summed E-state index contributed by atoms with van der Waals surface area (Å²) in [6, 6.07) is 17.5. The van der Waals surface area contributed by atoms with Crippen LogP contribution in [0.2, 0.25) is 0 Å². The number of benzene rings is 2. The molecule has 2 aromatic carbocycles. The number of esters is 2. The SMILES string of the molecule is CC1(C)C(/C=C/C2=C(Cl)C(=C/C=C3/N(CCCCCC(=O)OC4CC(C)(C)N(O)C(C)(C)C4)c4ccccc4C3(C)C)/CCC2)=[N+](CCCCCC(=O)OC2CC(C)(C)N(O)C(C)(C)C2)c2ccccc21. The van der Waals surface area contributed by atoms with Crippen molar-refractivity contribution < 1.29 is 34.1 Å². The Morgan fingerprint density at radius 1 is 0.648 bits per heavy atom. The van der Waals surface area contributed by atoms with Crippen molar-refractivity contribution in [2.75, 3.05) is 18.0 Å². The van der Waals surface area contributed by atoms with Gasteiger partial charge in [-0.25, -0.2) is 0 Å².